The summed E-state index contributed by atoms with van der Waals surface area (Å²) >= 11 is 0. The molecule has 5 nitrogen and oxygen atoms in total. The zero-order valence-corrected chi connectivity index (χ0v) is 17.8. The van der Waals surface area contributed by atoms with E-state index in [0.717, 1.165) is 41.8 Å². The summed E-state index contributed by atoms with van der Waals surface area (Å²) in [7, 11) is 0. The molecule has 5 heteroatoms. The molecule has 0 bridgehead atoms. The first-order chi connectivity index (χ1) is 15.2. The summed E-state index contributed by atoms with van der Waals surface area (Å²) in [6.07, 6.45) is 21.4. The second kappa shape index (κ2) is 10.0. The van der Waals surface area contributed by atoms with Crippen LogP contribution in [0.2, 0.25) is 0 Å². The van der Waals surface area contributed by atoms with Crippen molar-refractivity contribution in [1.82, 2.24) is 15.3 Å². The minimum Gasteiger partial charge on any atom is -0.356 e. The number of amides is 1. The van der Waals surface area contributed by atoms with E-state index in [-0.39, 0.29) is 11.9 Å². The number of anilines is 1. The molecule has 158 valence electrons. The first kappa shape index (κ1) is 20.8. The Morgan fingerprint density at radius 2 is 1.94 bits per heavy atom. The molecule has 1 heterocycles. The maximum Gasteiger partial charge on any atom is 0.224 e. The van der Waals surface area contributed by atoms with Gasteiger partial charge in [0.2, 0.25) is 5.91 Å². The Morgan fingerprint density at radius 3 is 2.65 bits per heavy atom. The minimum absolute atomic E-state index is 0.0658. The summed E-state index contributed by atoms with van der Waals surface area (Å²) in [5, 5.41) is 6.55. The van der Waals surface area contributed by atoms with Crippen molar-refractivity contribution in [1.29, 1.82) is 0 Å². The summed E-state index contributed by atoms with van der Waals surface area (Å²) in [6, 6.07) is 8.37. The van der Waals surface area contributed by atoms with Crippen LogP contribution in [0.5, 0.6) is 0 Å². The molecular formula is C26H28N4O. The molecule has 0 spiro atoms. The van der Waals surface area contributed by atoms with E-state index >= 15 is 0 Å². The van der Waals surface area contributed by atoms with Gasteiger partial charge in [-0.05, 0) is 55.5 Å². The van der Waals surface area contributed by atoms with Crippen LogP contribution in [-0.4, -0.2) is 21.9 Å². The lowest BCUT2D eigenvalue weighted by Gasteiger charge is -2.10. The van der Waals surface area contributed by atoms with Crippen LogP contribution in [0.3, 0.4) is 0 Å². The number of hydrogen-bond acceptors (Lipinski definition) is 4. The Kier molecular flexibility index (Phi) is 6.72. The number of benzene rings is 1. The number of hydrogen-bond donors (Lipinski definition) is 2. The molecule has 0 saturated heterocycles. The van der Waals surface area contributed by atoms with Crippen molar-refractivity contribution in [3.8, 4) is 11.1 Å². The Hall–Kier alpha value is -3.47. The summed E-state index contributed by atoms with van der Waals surface area (Å²) in [5.41, 5.74) is 5.29. The van der Waals surface area contributed by atoms with Gasteiger partial charge in [-0.1, -0.05) is 42.5 Å². The molecule has 4 rings (SSSR count). The average Bonchev–Trinajstić information content (AvgIpc) is 3.58. The molecule has 2 N–H and O–H groups in total. The molecule has 1 aromatic heterocycles. The van der Waals surface area contributed by atoms with Gasteiger partial charge in [-0.15, -0.1) is 0 Å². The van der Waals surface area contributed by atoms with E-state index in [2.05, 4.69) is 38.8 Å². The average molecular weight is 413 g/mol. The molecule has 2 atom stereocenters. The van der Waals surface area contributed by atoms with Crippen LogP contribution in [0.1, 0.15) is 32.6 Å². The van der Waals surface area contributed by atoms with Crippen LogP contribution in [0.25, 0.3) is 11.1 Å². The summed E-state index contributed by atoms with van der Waals surface area (Å²) in [5.74, 6) is 0.558. The highest BCUT2D eigenvalue weighted by Crippen LogP contribution is 2.39. The number of nitrogens with zero attached hydrogens (tertiary/aromatic N) is 2. The number of rotatable bonds is 8. The van der Waals surface area contributed by atoms with Crippen molar-refractivity contribution in [2.75, 3.05) is 5.32 Å². The smallest absolute Gasteiger partial charge is 0.224 e. The molecule has 2 aromatic rings. The van der Waals surface area contributed by atoms with Gasteiger partial charge in [0.15, 0.2) is 0 Å². The third-order valence-electron chi connectivity index (χ3n) is 5.51. The van der Waals surface area contributed by atoms with E-state index in [0.29, 0.717) is 12.3 Å². The van der Waals surface area contributed by atoms with Crippen molar-refractivity contribution in [2.24, 2.45) is 5.92 Å². The predicted molar refractivity (Wildman–Crippen MR) is 125 cm³/mol. The van der Waals surface area contributed by atoms with Crippen molar-refractivity contribution in [3.05, 3.63) is 90.7 Å². The highest BCUT2D eigenvalue weighted by atomic mass is 16.1. The van der Waals surface area contributed by atoms with E-state index in [1.54, 1.807) is 12.4 Å². The molecule has 31 heavy (non-hydrogen) atoms. The SMILES string of the molecule is C/C=C\C(=C/CC(=O)NC1CC1C1=CCCC=C1)Nc1ccc(-c2cncnc2)cc1. The quantitative estimate of drug-likeness (QED) is 0.586. The van der Waals surface area contributed by atoms with Gasteiger partial charge >= 0.3 is 0 Å². The van der Waals surface area contributed by atoms with E-state index in [1.165, 1.54) is 11.9 Å². The fourth-order valence-corrected chi connectivity index (χ4v) is 3.80. The molecule has 1 amide bonds. The predicted octanol–water partition coefficient (Wildman–Crippen LogP) is 5.19. The van der Waals surface area contributed by atoms with Gasteiger partial charge in [0.05, 0.1) is 0 Å². The Balaban J connectivity index is 1.31. The van der Waals surface area contributed by atoms with E-state index in [4.69, 9.17) is 0 Å². The van der Waals surface area contributed by atoms with Gasteiger partial charge < -0.3 is 10.6 Å². The van der Waals surface area contributed by atoms with Gasteiger partial charge in [-0.3, -0.25) is 4.79 Å². The Bertz CT molecular complexity index is 1020. The fraction of sp³-hybridized carbons (Fsp3) is 0.269. The number of nitrogens with one attached hydrogen (secondary N) is 2. The van der Waals surface area contributed by atoms with Crippen molar-refractivity contribution in [3.63, 3.8) is 0 Å². The van der Waals surface area contributed by atoms with Crippen LogP contribution in [-0.2, 0) is 4.79 Å². The maximum atomic E-state index is 12.4. The zero-order chi connectivity index (χ0) is 21.5. The molecule has 1 fully saturated rings. The van der Waals surface area contributed by atoms with Crippen molar-refractivity contribution in [2.45, 2.75) is 38.6 Å². The van der Waals surface area contributed by atoms with Crippen LogP contribution < -0.4 is 10.6 Å². The Morgan fingerprint density at radius 1 is 1.13 bits per heavy atom. The number of carbonyl (C=O) groups excluding carboxylic acids is 1. The van der Waals surface area contributed by atoms with Crippen molar-refractivity contribution >= 4 is 11.6 Å². The Labute approximate surface area is 183 Å². The first-order valence-electron chi connectivity index (χ1n) is 10.8. The molecule has 2 aliphatic rings. The molecular weight excluding hydrogens is 384 g/mol. The van der Waals surface area contributed by atoms with Gasteiger partial charge in [-0.2, -0.15) is 0 Å². The molecule has 1 aromatic carbocycles. The third-order valence-corrected chi connectivity index (χ3v) is 5.51. The number of carbonyl (C=O) groups is 1. The van der Waals surface area contributed by atoms with Crippen LogP contribution in [0.4, 0.5) is 5.69 Å². The second-order valence-corrected chi connectivity index (χ2v) is 7.89. The highest BCUT2D eigenvalue weighted by molar-refractivity contribution is 5.78. The van der Waals surface area contributed by atoms with Crippen molar-refractivity contribution < 1.29 is 4.79 Å². The van der Waals surface area contributed by atoms with E-state index in [9.17, 15) is 4.79 Å². The largest absolute Gasteiger partial charge is 0.356 e. The third kappa shape index (κ3) is 5.79. The summed E-state index contributed by atoms with van der Waals surface area (Å²) in [4.78, 5) is 20.6. The van der Waals surface area contributed by atoms with E-state index in [1.807, 2.05) is 49.4 Å². The molecule has 2 aliphatic carbocycles. The van der Waals surface area contributed by atoms with Gasteiger partial charge in [0.25, 0.3) is 0 Å². The topological polar surface area (TPSA) is 66.9 Å². The monoisotopic (exact) mass is 412 g/mol. The lowest BCUT2D eigenvalue weighted by molar-refractivity contribution is -0.120. The van der Waals surface area contributed by atoms with Crippen LogP contribution in [0, 0.1) is 5.92 Å². The minimum atomic E-state index is 0.0658. The molecule has 0 aliphatic heterocycles. The van der Waals surface area contributed by atoms with Gasteiger partial charge in [-0.25, -0.2) is 9.97 Å². The standard InChI is InChI=1S/C26H28N4O/c1-2-6-22(29-23-11-9-19(10-12-23)21-16-27-18-28-17-21)13-14-26(31)30-25-15-24(25)20-7-4-3-5-8-20/h2,4,6-13,16-18,24-25,29H,3,5,14-15H2,1H3,(H,30,31)/b6-2-,22-13+. The van der Waals surface area contributed by atoms with Crippen LogP contribution in [0.15, 0.2) is 90.7 Å². The lowest BCUT2D eigenvalue weighted by atomic mass is 10.0. The second-order valence-electron chi connectivity index (χ2n) is 7.89. The van der Waals surface area contributed by atoms with Crippen LogP contribution >= 0.6 is 0 Å². The maximum absolute atomic E-state index is 12.4. The molecule has 2 unspecified atom stereocenters. The van der Waals surface area contributed by atoms with Gasteiger partial charge in [0.1, 0.15) is 6.33 Å². The number of aromatic nitrogens is 2. The van der Waals surface area contributed by atoms with Gasteiger partial charge in [0, 0.05) is 47.7 Å². The summed E-state index contributed by atoms with van der Waals surface area (Å²) < 4.78 is 0. The zero-order valence-electron chi connectivity index (χ0n) is 17.8. The lowest BCUT2D eigenvalue weighted by Crippen LogP contribution is -2.26. The summed E-state index contributed by atoms with van der Waals surface area (Å²) in [6.45, 7) is 1.97. The highest BCUT2D eigenvalue weighted by Gasteiger charge is 2.39. The molecule has 1 saturated carbocycles. The fourth-order valence-electron chi connectivity index (χ4n) is 3.80. The molecule has 0 radical (unpaired) electrons. The van der Waals surface area contributed by atoms with E-state index < -0.39 is 0 Å². The first-order valence-corrected chi connectivity index (χ1v) is 10.8. The number of allylic oxidation sites excluding steroid dienone is 5. The normalized spacial score (nSPS) is 20.4.